The Kier molecular flexibility index (Phi) is 8.90. The zero-order chi connectivity index (χ0) is 24.5. The van der Waals surface area contributed by atoms with Crippen LogP contribution in [-0.4, -0.2) is 24.6 Å². The van der Waals surface area contributed by atoms with Gasteiger partial charge in [0.15, 0.2) is 11.5 Å². The molecule has 2 amide bonds. The number of hydrazone groups is 1. The number of aryl methyl sites for hydroxylation is 1. The topological polar surface area (TPSA) is 89.0 Å². The molecule has 0 saturated heterocycles. The van der Waals surface area contributed by atoms with Crippen molar-refractivity contribution in [2.75, 3.05) is 11.9 Å². The first kappa shape index (κ1) is 25.1. The summed E-state index contributed by atoms with van der Waals surface area (Å²) in [5.74, 6) is -0.704. The smallest absolute Gasteiger partial charge is 0.329 e. The molecule has 34 heavy (non-hydrogen) atoms. The van der Waals surface area contributed by atoms with Crippen LogP contribution >= 0.6 is 23.2 Å². The van der Waals surface area contributed by atoms with E-state index >= 15 is 0 Å². The van der Waals surface area contributed by atoms with Crippen molar-refractivity contribution in [3.05, 3.63) is 87.4 Å². The number of hydrogen-bond donors (Lipinski definition) is 2. The van der Waals surface area contributed by atoms with Gasteiger partial charge in [0.25, 0.3) is 0 Å². The maximum absolute atomic E-state index is 12.0. The third-order valence-corrected chi connectivity index (χ3v) is 5.25. The first-order valence-corrected chi connectivity index (χ1v) is 11.2. The van der Waals surface area contributed by atoms with Crippen molar-refractivity contribution in [3.63, 3.8) is 0 Å². The Bertz CT molecular complexity index is 1210. The molecule has 3 aromatic carbocycles. The van der Waals surface area contributed by atoms with Gasteiger partial charge in [0.1, 0.15) is 6.61 Å². The standard InChI is InChI=1S/C25H23Cl2N3O4/c1-3-33-23-12-17(7-10-22(23)34-15-18-6-4-5-16(2)11-18)14-28-30-25(32)24(31)29-19-8-9-20(26)21(27)13-19/h4-14H,3,15H2,1-2H3,(H,29,31)(H,30,32)/b28-14+. The number of carbonyl (C=O) groups excluding carboxylic acids is 2. The van der Waals surface area contributed by atoms with Gasteiger partial charge in [-0.05, 0) is 61.4 Å². The normalized spacial score (nSPS) is 10.7. The molecule has 0 radical (unpaired) electrons. The number of rotatable bonds is 8. The summed E-state index contributed by atoms with van der Waals surface area (Å²) in [5, 5.41) is 6.86. The van der Waals surface area contributed by atoms with Crippen LogP contribution in [-0.2, 0) is 16.2 Å². The van der Waals surface area contributed by atoms with Gasteiger partial charge in [0.2, 0.25) is 0 Å². The molecule has 0 aliphatic rings. The lowest BCUT2D eigenvalue weighted by Crippen LogP contribution is -2.32. The van der Waals surface area contributed by atoms with Gasteiger partial charge in [-0.15, -0.1) is 0 Å². The highest BCUT2D eigenvalue weighted by Gasteiger charge is 2.13. The van der Waals surface area contributed by atoms with Crippen molar-refractivity contribution in [2.24, 2.45) is 5.10 Å². The number of ether oxygens (including phenoxy) is 2. The lowest BCUT2D eigenvalue weighted by molar-refractivity contribution is -0.136. The Hall–Kier alpha value is -3.55. The zero-order valence-corrected chi connectivity index (χ0v) is 20.1. The average Bonchev–Trinajstić information content (AvgIpc) is 2.81. The molecule has 3 aromatic rings. The van der Waals surface area contributed by atoms with E-state index in [1.807, 2.05) is 32.0 Å². The van der Waals surface area contributed by atoms with E-state index < -0.39 is 11.8 Å². The van der Waals surface area contributed by atoms with E-state index in [0.29, 0.717) is 41.0 Å². The van der Waals surface area contributed by atoms with Crippen LogP contribution in [0.1, 0.15) is 23.6 Å². The molecule has 0 aromatic heterocycles. The molecule has 2 N–H and O–H groups in total. The summed E-state index contributed by atoms with van der Waals surface area (Å²) in [7, 11) is 0. The molecule has 0 saturated carbocycles. The molecule has 7 nitrogen and oxygen atoms in total. The fraction of sp³-hybridized carbons (Fsp3) is 0.160. The van der Waals surface area contributed by atoms with Gasteiger partial charge in [-0.2, -0.15) is 5.10 Å². The van der Waals surface area contributed by atoms with E-state index in [1.54, 1.807) is 18.2 Å². The second-order valence-corrected chi connectivity index (χ2v) is 8.01. The van der Waals surface area contributed by atoms with Crippen LogP contribution in [0.5, 0.6) is 11.5 Å². The first-order valence-electron chi connectivity index (χ1n) is 10.4. The molecule has 176 valence electrons. The summed E-state index contributed by atoms with van der Waals surface area (Å²) in [6.07, 6.45) is 1.40. The van der Waals surface area contributed by atoms with Crippen molar-refractivity contribution in [3.8, 4) is 11.5 Å². The van der Waals surface area contributed by atoms with Gasteiger partial charge in [-0.25, -0.2) is 5.43 Å². The predicted molar refractivity (Wildman–Crippen MR) is 134 cm³/mol. The highest BCUT2D eigenvalue weighted by atomic mass is 35.5. The number of carbonyl (C=O) groups is 2. The van der Waals surface area contributed by atoms with Gasteiger partial charge in [-0.1, -0.05) is 53.0 Å². The minimum atomic E-state index is -0.939. The molecule has 0 aliphatic carbocycles. The van der Waals surface area contributed by atoms with Crippen LogP contribution in [0.4, 0.5) is 5.69 Å². The number of nitrogens with one attached hydrogen (secondary N) is 2. The van der Waals surface area contributed by atoms with Crippen LogP contribution in [0, 0.1) is 6.92 Å². The van der Waals surface area contributed by atoms with Gasteiger partial charge in [0.05, 0.1) is 22.9 Å². The molecule has 0 bridgehead atoms. The second-order valence-electron chi connectivity index (χ2n) is 7.20. The number of hydrogen-bond acceptors (Lipinski definition) is 5. The van der Waals surface area contributed by atoms with Crippen LogP contribution < -0.4 is 20.2 Å². The molecule has 0 fully saturated rings. The summed E-state index contributed by atoms with van der Waals surface area (Å²) >= 11 is 11.7. The maximum atomic E-state index is 12.0. The third-order valence-electron chi connectivity index (χ3n) is 4.51. The van der Waals surface area contributed by atoms with E-state index in [1.165, 1.54) is 24.4 Å². The minimum Gasteiger partial charge on any atom is -0.490 e. The SMILES string of the molecule is CCOc1cc(/C=N/NC(=O)C(=O)Nc2ccc(Cl)c(Cl)c2)ccc1OCc1cccc(C)c1. The summed E-state index contributed by atoms with van der Waals surface area (Å²) < 4.78 is 11.6. The van der Waals surface area contributed by atoms with E-state index in [2.05, 4.69) is 21.9 Å². The Morgan fingerprint density at radius 1 is 0.941 bits per heavy atom. The zero-order valence-electron chi connectivity index (χ0n) is 18.6. The van der Waals surface area contributed by atoms with E-state index in [-0.39, 0.29) is 5.02 Å². The second kappa shape index (κ2) is 12.1. The summed E-state index contributed by atoms with van der Waals surface area (Å²) in [5.41, 5.74) is 5.38. The van der Waals surface area contributed by atoms with Crippen molar-refractivity contribution in [2.45, 2.75) is 20.5 Å². The van der Waals surface area contributed by atoms with Crippen molar-refractivity contribution >= 4 is 46.9 Å². The number of halogens is 2. The summed E-state index contributed by atoms with van der Waals surface area (Å²) in [6.45, 7) is 4.75. The molecule has 0 unspecified atom stereocenters. The van der Waals surface area contributed by atoms with Gasteiger partial charge in [0, 0.05) is 5.69 Å². The molecule has 0 atom stereocenters. The first-order chi connectivity index (χ1) is 16.4. The average molecular weight is 500 g/mol. The third kappa shape index (κ3) is 7.23. The number of nitrogens with zero attached hydrogens (tertiary/aromatic N) is 1. The van der Waals surface area contributed by atoms with Crippen molar-refractivity contribution in [1.29, 1.82) is 0 Å². The Morgan fingerprint density at radius 2 is 1.76 bits per heavy atom. The monoisotopic (exact) mass is 499 g/mol. The molecular formula is C25H23Cl2N3O4. The predicted octanol–water partition coefficient (Wildman–Crippen LogP) is 5.37. The van der Waals surface area contributed by atoms with E-state index in [9.17, 15) is 9.59 Å². The maximum Gasteiger partial charge on any atom is 0.329 e. The highest BCUT2D eigenvalue weighted by Crippen LogP contribution is 2.29. The summed E-state index contributed by atoms with van der Waals surface area (Å²) in [4.78, 5) is 24.1. The van der Waals surface area contributed by atoms with E-state index in [4.69, 9.17) is 32.7 Å². The fourth-order valence-electron chi connectivity index (χ4n) is 2.93. The Morgan fingerprint density at radius 3 is 2.50 bits per heavy atom. The molecule has 9 heteroatoms. The highest BCUT2D eigenvalue weighted by molar-refractivity contribution is 6.42. The fourth-order valence-corrected chi connectivity index (χ4v) is 3.23. The Labute approximate surface area is 207 Å². The number of benzene rings is 3. The van der Waals surface area contributed by atoms with Crippen molar-refractivity contribution < 1.29 is 19.1 Å². The molecule has 0 spiro atoms. The van der Waals surface area contributed by atoms with Gasteiger partial charge < -0.3 is 14.8 Å². The minimum absolute atomic E-state index is 0.259. The van der Waals surface area contributed by atoms with Crippen LogP contribution in [0.3, 0.4) is 0 Å². The van der Waals surface area contributed by atoms with Gasteiger partial charge >= 0.3 is 11.8 Å². The molecule has 0 heterocycles. The molecular weight excluding hydrogens is 477 g/mol. The largest absolute Gasteiger partial charge is 0.490 e. The molecule has 0 aliphatic heterocycles. The van der Waals surface area contributed by atoms with E-state index in [0.717, 1.165) is 11.1 Å². The van der Waals surface area contributed by atoms with Crippen LogP contribution in [0.25, 0.3) is 0 Å². The quantitative estimate of drug-likeness (QED) is 0.247. The lowest BCUT2D eigenvalue weighted by Gasteiger charge is -2.13. The van der Waals surface area contributed by atoms with Gasteiger partial charge in [-0.3, -0.25) is 9.59 Å². The van der Waals surface area contributed by atoms with Crippen LogP contribution in [0.15, 0.2) is 65.8 Å². The number of amides is 2. The Balaban J connectivity index is 1.59. The summed E-state index contributed by atoms with van der Waals surface area (Å²) in [6, 6.07) is 17.8. The number of anilines is 1. The van der Waals surface area contributed by atoms with Crippen molar-refractivity contribution in [1.82, 2.24) is 5.43 Å². The lowest BCUT2D eigenvalue weighted by atomic mass is 10.1. The molecule has 3 rings (SSSR count). The van der Waals surface area contributed by atoms with Crippen LogP contribution in [0.2, 0.25) is 10.0 Å².